The zero-order chi connectivity index (χ0) is 31.1. The lowest BCUT2D eigenvalue weighted by molar-refractivity contribution is -0.0378. The molecule has 232 valence electrons. The summed E-state index contributed by atoms with van der Waals surface area (Å²) in [5.41, 5.74) is 5.33. The molecule has 0 aliphatic carbocycles. The van der Waals surface area contributed by atoms with Crippen LogP contribution in [-0.4, -0.2) is 82.5 Å². The van der Waals surface area contributed by atoms with Crippen molar-refractivity contribution < 1.29 is 9.59 Å². The van der Waals surface area contributed by atoms with Crippen LogP contribution in [0.2, 0.25) is 0 Å². The maximum Gasteiger partial charge on any atom is 0.251 e. The SMILES string of the molecule is Cn1ccc(CSc2ccc(C(=O)NCCCc3cn[nH]c3)cc2C#Cc2ccc(C(=O)NCCN3CC4(CNC4)C3)cc2)n1. The number of aromatic nitrogens is 4. The maximum absolute atomic E-state index is 13.0. The highest BCUT2D eigenvalue weighted by atomic mass is 32.2. The van der Waals surface area contributed by atoms with Crippen molar-refractivity contribution in [3.05, 3.63) is 101 Å². The van der Waals surface area contributed by atoms with E-state index in [1.165, 1.54) is 0 Å². The summed E-state index contributed by atoms with van der Waals surface area (Å²) >= 11 is 1.64. The van der Waals surface area contributed by atoms with E-state index in [4.69, 9.17) is 0 Å². The molecule has 11 heteroatoms. The van der Waals surface area contributed by atoms with E-state index < -0.39 is 0 Å². The van der Waals surface area contributed by atoms with E-state index in [0.29, 0.717) is 35.4 Å². The van der Waals surface area contributed by atoms with Gasteiger partial charge in [-0.2, -0.15) is 10.2 Å². The lowest BCUT2D eigenvalue weighted by Gasteiger charge is -2.56. The minimum Gasteiger partial charge on any atom is -0.352 e. The quantitative estimate of drug-likeness (QED) is 0.109. The molecular weight excluding hydrogens is 584 g/mol. The number of carbonyl (C=O) groups is 2. The van der Waals surface area contributed by atoms with Crippen LogP contribution in [0, 0.1) is 17.3 Å². The van der Waals surface area contributed by atoms with Crippen molar-refractivity contribution in [1.29, 1.82) is 0 Å². The Morgan fingerprint density at radius 1 is 1.00 bits per heavy atom. The number of aryl methyl sites for hydroxylation is 2. The first kappa shape index (κ1) is 30.6. The number of carbonyl (C=O) groups excluding carboxylic acids is 2. The second-order valence-electron chi connectivity index (χ2n) is 11.8. The summed E-state index contributed by atoms with van der Waals surface area (Å²) in [7, 11) is 1.90. The summed E-state index contributed by atoms with van der Waals surface area (Å²) < 4.78 is 1.79. The van der Waals surface area contributed by atoms with Crippen molar-refractivity contribution in [3.63, 3.8) is 0 Å². The van der Waals surface area contributed by atoms with Crippen LogP contribution in [0.3, 0.4) is 0 Å². The van der Waals surface area contributed by atoms with Crippen molar-refractivity contribution in [1.82, 2.24) is 40.8 Å². The Morgan fingerprint density at radius 3 is 2.49 bits per heavy atom. The lowest BCUT2D eigenvalue weighted by Crippen LogP contribution is -2.71. The molecule has 4 heterocycles. The maximum atomic E-state index is 13.0. The Hall–Kier alpha value is -4.37. The Labute approximate surface area is 267 Å². The third kappa shape index (κ3) is 8.02. The van der Waals surface area contributed by atoms with Crippen LogP contribution in [0.4, 0.5) is 0 Å². The number of benzene rings is 2. The number of nitrogens with one attached hydrogen (secondary N) is 4. The third-order valence-corrected chi connectivity index (χ3v) is 9.30. The molecule has 1 spiro atoms. The van der Waals surface area contributed by atoms with Gasteiger partial charge in [-0.15, -0.1) is 11.8 Å². The van der Waals surface area contributed by atoms with Crippen LogP contribution in [0.5, 0.6) is 0 Å². The number of hydrogen-bond acceptors (Lipinski definition) is 7. The molecule has 2 aromatic carbocycles. The van der Waals surface area contributed by atoms with E-state index in [1.807, 2.05) is 68.0 Å². The van der Waals surface area contributed by atoms with Gasteiger partial charge >= 0.3 is 0 Å². The second-order valence-corrected chi connectivity index (χ2v) is 12.9. The number of likely N-dealkylation sites (tertiary alicyclic amines) is 1. The van der Waals surface area contributed by atoms with Gasteiger partial charge in [0.2, 0.25) is 0 Å². The first-order valence-electron chi connectivity index (χ1n) is 15.3. The van der Waals surface area contributed by atoms with Gasteiger partial charge in [-0.1, -0.05) is 11.8 Å². The molecule has 0 radical (unpaired) electrons. The molecule has 0 bridgehead atoms. The summed E-state index contributed by atoms with van der Waals surface area (Å²) in [6.45, 7) is 6.55. The largest absolute Gasteiger partial charge is 0.352 e. The minimum absolute atomic E-state index is 0.0771. The molecule has 45 heavy (non-hydrogen) atoms. The third-order valence-electron chi connectivity index (χ3n) is 8.19. The van der Waals surface area contributed by atoms with Gasteiger partial charge in [0.15, 0.2) is 0 Å². The van der Waals surface area contributed by atoms with Crippen LogP contribution >= 0.6 is 11.8 Å². The fourth-order valence-corrected chi connectivity index (χ4v) is 6.52. The Morgan fingerprint density at radius 2 is 1.78 bits per heavy atom. The highest BCUT2D eigenvalue weighted by molar-refractivity contribution is 7.98. The van der Waals surface area contributed by atoms with Gasteiger partial charge in [0.25, 0.3) is 11.8 Å². The van der Waals surface area contributed by atoms with Gasteiger partial charge in [0, 0.05) is 104 Å². The number of amides is 2. The van der Waals surface area contributed by atoms with Gasteiger partial charge in [0.1, 0.15) is 0 Å². The Bertz CT molecular complexity index is 1670. The van der Waals surface area contributed by atoms with E-state index >= 15 is 0 Å². The van der Waals surface area contributed by atoms with Gasteiger partial charge in [0.05, 0.1) is 11.9 Å². The molecular formula is C34H38N8O2S. The number of H-pyrrole nitrogens is 1. The number of nitrogens with zero attached hydrogens (tertiary/aromatic N) is 4. The number of aromatic amines is 1. The molecule has 2 aromatic heterocycles. The van der Waals surface area contributed by atoms with E-state index in [9.17, 15) is 9.59 Å². The van der Waals surface area contributed by atoms with E-state index in [2.05, 4.69) is 48.0 Å². The molecule has 2 aliphatic rings. The van der Waals surface area contributed by atoms with Crippen molar-refractivity contribution in [2.75, 3.05) is 45.8 Å². The molecule has 4 aromatic rings. The highest BCUT2D eigenvalue weighted by Gasteiger charge is 2.46. The van der Waals surface area contributed by atoms with Crippen LogP contribution in [0.1, 0.15) is 49.5 Å². The van der Waals surface area contributed by atoms with Crippen molar-refractivity contribution in [3.8, 4) is 11.8 Å². The average Bonchev–Trinajstić information content (AvgIpc) is 3.69. The molecule has 4 N–H and O–H groups in total. The van der Waals surface area contributed by atoms with Crippen molar-refractivity contribution >= 4 is 23.6 Å². The predicted octanol–water partition coefficient (Wildman–Crippen LogP) is 2.83. The monoisotopic (exact) mass is 622 g/mol. The molecule has 0 unspecified atom stereocenters. The molecule has 6 rings (SSSR count). The van der Waals surface area contributed by atoms with Gasteiger partial charge < -0.3 is 20.9 Å². The van der Waals surface area contributed by atoms with E-state index in [-0.39, 0.29) is 11.8 Å². The molecule has 2 saturated heterocycles. The smallest absolute Gasteiger partial charge is 0.251 e. The number of thioether (sulfide) groups is 1. The standard InChI is InChI=1S/C34H38N8O2S/c1-41-15-12-30(40-41)20-45-31-11-10-29(33(44)36-13-2-3-26-18-38-39-19-26)17-28(31)9-6-25-4-7-27(8-5-25)32(43)37-14-16-42-23-34(24-42)21-35-22-34/h4-5,7-8,10-12,15,17-19,35H,2-3,13-14,16,20-24H2,1H3,(H,36,44)(H,37,43)(H,38,39). The van der Waals surface area contributed by atoms with E-state index in [1.54, 1.807) is 22.6 Å². The van der Waals surface area contributed by atoms with Crippen LogP contribution in [-0.2, 0) is 19.2 Å². The normalized spacial score (nSPS) is 15.0. The molecule has 0 saturated carbocycles. The van der Waals surface area contributed by atoms with Crippen molar-refractivity contribution in [2.45, 2.75) is 23.5 Å². The fourth-order valence-electron chi connectivity index (χ4n) is 5.63. The molecule has 2 amide bonds. The summed E-state index contributed by atoms with van der Waals surface area (Å²) in [6.07, 6.45) is 7.25. The Balaban J connectivity index is 1.07. The van der Waals surface area contributed by atoms with Crippen molar-refractivity contribution in [2.24, 2.45) is 12.5 Å². The average molecular weight is 623 g/mol. The molecule has 2 aliphatic heterocycles. The zero-order valence-corrected chi connectivity index (χ0v) is 26.3. The summed E-state index contributed by atoms with van der Waals surface area (Å²) in [5.74, 6) is 6.99. The number of hydrogen-bond donors (Lipinski definition) is 4. The van der Waals surface area contributed by atoms with Crippen LogP contribution in [0.15, 0.2) is 72.0 Å². The molecule has 0 atom stereocenters. The molecule has 10 nitrogen and oxygen atoms in total. The number of rotatable bonds is 12. The molecule has 2 fully saturated rings. The second kappa shape index (κ2) is 14.2. The zero-order valence-electron chi connectivity index (χ0n) is 25.4. The Kier molecular flexibility index (Phi) is 9.64. The first-order chi connectivity index (χ1) is 21.9. The van der Waals surface area contributed by atoms with Gasteiger partial charge in [-0.25, -0.2) is 0 Å². The van der Waals surface area contributed by atoms with Gasteiger partial charge in [-0.05, 0) is 66.9 Å². The highest BCUT2D eigenvalue weighted by Crippen LogP contribution is 2.33. The summed E-state index contributed by atoms with van der Waals surface area (Å²) in [5, 5.41) is 20.6. The van der Waals surface area contributed by atoms with E-state index in [0.717, 1.165) is 72.8 Å². The minimum atomic E-state index is -0.129. The topological polar surface area (TPSA) is 120 Å². The summed E-state index contributed by atoms with van der Waals surface area (Å²) in [4.78, 5) is 29.0. The first-order valence-corrected chi connectivity index (χ1v) is 16.3. The predicted molar refractivity (Wildman–Crippen MR) is 175 cm³/mol. The lowest BCUT2D eigenvalue weighted by atomic mass is 9.74. The van der Waals surface area contributed by atoms with Crippen LogP contribution < -0.4 is 16.0 Å². The van der Waals surface area contributed by atoms with Gasteiger partial charge in [-0.3, -0.25) is 19.4 Å². The summed E-state index contributed by atoms with van der Waals surface area (Å²) in [6, 6.07) is 15.0. The fraction of sp³-hybridized carbons (Fsp3) is 0.353. The van der Waals surface area contributed by atoms with Crippen LogP contribution in [0.25, 0.3) is 0 Å².